The highest BCUT2D eigenvalue weighted by Crippen LogP contribution is 2.22. The summed E-state index contributed by atoms with van der Waals surface area (Å²) in [7, 11) is 0. The van der Waals surface area contributed by atoms with E-state index in [1.165, 1.54) is 83.5 Å². The molecule has 4 heteroatoms. The number of unbranched alkanes of at least 4 members (excludes halogenated alkanes) is 13. The standard InChI is InChI=1S/C32H44O4/c1-2-3-4-5-6-7-8-9-10-11-12-13-14-15-16-27-21-29(24-33)31(30(22-27)25-34)23-26-17-19-28(20-18-26)32(35)36/h17-22,24-25H,2-16,23H2,1H3,(H,35,36). The van der Waals surface area contributed by atoms with Crippen molar-refractivity contribution in [2.45, 2.75) is 110 Å². The first kappa shape index (κ1) is 29.5. The van der Waals surface area contributed by atoms with Gasteiger partial charge in [-0.05, 0) is 60.2 Å². The van der Waals surface area contributed by atoms with Crippen LogP contribution >= 0.6 is 0 Å². The average Bonchev–Trinajstić information content (AvgIpc) is 2.89. The second-order valence-electron chi connectivity index (χ2n) is 10.0. The summed E-state index contributed by atoms with van der Waals surface area (Å²) in [5, 5.41) is 9.07. The molecule has 0 aliphatic heterocycles. The van der Waals surface area contributed by atoms with Crippen molar-refractivity contribution in [3.05, 3.63) is 69.8 Å². The molecule has 0 aromatic heterocycles. The zero-order valence-corrected chi connectivity index (χ0v) is 22.1. The number of carboxylic acid groups (broad SMARTS) is 1. The zero-order valence-electron chi connectivity index (χ0n) is 22.1. The molecule has 0 aliphatic rings. The number of hydrogen-bond donors (Lipinski definition) is 1. The number of aromatic carboxylic acids is 1. The molecule has 196 valence electrons. The molecule has 0 saturated carbocycles. The normalized spacial score (nSPS) is 10.9. The maximum absolute atomic E-state index is 11.8. The molecule has 0 spiro atoms. The van der Waals surface area contributed by atoms with Gasteiger partial charge < -0.3 is 5.11 Å². The number of carbonyl (C=O) groups is 3. The minimum atomic E-state index is -0.975. The minimum absolute atomic E-state index is 0.216. The van der Waals surface area contributed by atoms with Crippen molar-refractivity contribution in [2.75, 3.05) is 0 Å². The van der Waals surface area contributed by atoms with E-state index in [2.05, 4.69) is 6.92 Å². The maximum atomic E-state index is 11.8. The van der Waals surface area contributed by atoms with Gasteiger partial charge in [0.25, 0.3) is 0 Å². The third kappa shape index (κ3) is 10.9. The first-order valence-electron chi connectivity index (χ1n) is 14.0. The van der Waals surface area contributed by atoms with Crippen LogP contribution in [0.3, 0.4) is 0 Å². The summed E-state index contributed by atoms with van der Waals surface area (Å²) < 4.78 is 0. The van der Waals surface area contributed by atoms with Crippen LogP contribution in [0.2, 0.25) is 0 Å². The molecule has 36 heavy (non-hydrogen) atoms. The van der Waals surface area contributed by atoms with Gasteiger partial charge in [-0.2, -0.15) is 0 Å². The summed E-state index contributed by atoms with van der Waals surface area (Å²) >= 11 is 0. The number of aryl methyl sites for hydroxylation is 1. The summed E-state index contributed by atoms with van der Waals surface area (Å²) in [5.41, 5.74) is 3.90. The van der Waals surface area contributed by atoms with E-state index in [1.54, 1.807) is 24.3 Å². The van der Waals surface area contributed by atoms with E-state index < -0.39 is 5.97 Å². The van der Waals surface area contributed by atoms with Crippen LogP contribution in [0.5, 0.6) is 0 Å². The highest BCUT2D eigenvalue weighted by molar-refractivity contribution is 5.88. The van der Waals surface area contributed by atoms with Crippen molar-refractivity contribution in [3.63, 3.8) is 0 Å². The number of aldehydes is 2. The van der Waals surface area contributed by atoms with Crippen LogP contribution < -0.4 is 0 Å². The van der Waals surface area contributed by atoms with Crippen molar-refractivity contribution >= 4 is 18.5 Å². The van der Waals surface area contributed by atoms with Gasteiger partial charge in [-0.1, -0.05) is 103 Å². The molecule has 0 heterocycles. The molecule has 0 bridgehead atoms. The van der Waals surface area contributed by atoms with Gasteiger partial charge in [0.15, 0.2) is 0 Å². The fraction of sp³-hybridized carbons (Fsp3) is 0.531. The summed E-state index contributed by atoms with van der Waals surface area (Å²) in [5.74, 6) is -0.975. The minimum Gasteiger partial charge on any atom is -0.478 e. The lowest BCUT2D eigenvalue weighted by Crippen LogP contribution is -2.04. The topological polar surface area (TPSA) is 71.4 Å². The van der Waals surface area contributed by atoms with Gasteiger partial charge in [0.05, 0.1) is 5.56 Å². The summed E-state index contributed by atoms with van der Waals surface area (Å²) in [6.45, 7) is 2.26. The first-order valence-corrected chi connectivity index (χ1v) is 14.0. The summed E-state index contributed by atoms with van der Waals surface area (Å²) in [4.78, 5) is 34.6. The lowest BCUT2D eigenvalue weighted by Gasteiger charge is -2.12. The highest BCUT2D eigenvalue weighted by Gasteiger charge is 2.12. The third-order valence-electron chi connectivity index (χ3n) is 7.03. The van der Waals surface area contributed by atoms with Crippen LogP contribution in [0.1, 0.15) is 145 Å². The second-order valence-corrected chi connectivity index (χ2v) is 10.0. The summed E-state index contributed by atoms with van der Waals surface area (Å²) in [6.07, 6.45) is 21.4. The van der Waals surface area contributed by atoms with Crippen molar-refractivity contribution in [1.82, 2.24) is 0 Å². The molecule has 2 aromatic carbocycles. The largest absolute Gasteiger partial charge is 0.478 e. The Morgan fingerprint density at radius 3 is 1.53 bits per heavy atom. The Balaban J connectivity index is 1.71. The van der Waals surface area contributed by atoms with E-state index in [4.69, 9.17) is 5.11 Å². The Morgan fingerprint density at radius 1 is 0.667 bits per heavy atom. The molecule has 0 fully saturated rings. The number of carbonyl (C=O) groups excluding carboxylic acids is 2. The second kappa shape index (κ2) is 17.6. The number of benzene rings is 2. The Labute approximate surface area is 217 Å². The molecule has 0 atom stereocenters. The molecule has 1 N–H and O–H groups in total. The van der Waals surface area contributed by atoms with Crippen molar-refractivity contribution in [3.8, 4) is 0 Å². The van der Waals surface area contributed by atoms with E-state index in [0.717, 1.165) is 36.5 Å². The lowest BCUT2D eigenvalue weighted by atomic mass is 9.91. The van der Waals surface area contributed by atoms with Gasteiger partial charge in [0, 0.05) is 11.1 Å². The number of carboxylic acids is 1. The molecule has 0 radical (unpaired) electrons. The van der Waals surface area contributed by atoms with E-state index in [0.29, 0.717) is 23.1 Å². The molecular formula is C32H44O4. The Hall–Kier alpha value is -2.75. The fourth-order valence-corrected chi connectivity index (χ4v) is 4.83. The van der Waals surface area contributed by atoms with E-state index in [-0.39, 0.29) is 5.56 Å². The molecular weight excluding hydrogens is 448 g/mol. The van der Waals surface area contributed by atoms with Crippen molar-refractivity contribution in [1.29, 1.82) is 0 Å². The van der Waals surface area contributed by atoms with Crippen LogP contribution in [-0.4, -0.2) is 23.6 Å². The zero-order chi connectivity index (χ0) is 26.0. The van der Waals surface area contributed by atoms with E-state index in [1.807, 2.05) is 12.1 Å². The van der Waals surface area contributed by atoms with Gasteiger partial charge in [0.2, 0.25) is 0 Å². The highest BCUT2D eigenvalue weighted by atomic mass is 16.4. The van der Waals surface area contributed by atoms with Crippen LogP contribution in [0.4, 0.5) is 0 Å². The predicted octanol–water partition coefficient (Wildman–Crippen LogP) is 8.62. The third-order valence-corrected chi connectivity index (χ3v) is 7.03. The van der Waals surface area contributed by atoms with E-state index in [9.17, 15) is 14.4 Å². The molecule has 0 amide bonds. The Bertz CT molecular complexity index is 901. The smallest absolute Gasteiger partial charge is 0.335 e. The Kier molecular flexibility index (Phi) is 14.4. The van der Waals surface area contributed by atoms with Crippen molar-refractivity contribution in [2.24, 2.45) is 0 Å². The van der Waals surface area contributed by atoms with Crippen LogP contribution in [-0.2, 0) is 12.8 Å². The molecule has 4 nitrogen and oxygen atoms in total. The quantitative estimate of drug-likeness (QED) is 0.148. The van der Waals surface area contributed by atoms with Crippen molar-refractivity contribution < 1.29 is 19.5 Å². The maximum Gasteiger partial charge on any atom is 0.335 e. The fourth-order valence-electron chi connectivity index (χ4n) is 4.83. The molecule has 0 aliphatic carbocycles. The van der Waals surface area contributed by atoms with Gasteiger partial charge in [0.1, 0.15) is 12.6 Å². The molecule has 0 saturated heterocycles. The number of hydrogen-bond acceptors (Lipinski definition) is 3. The molecule has 2 aromatic rings. The molecule has 0 unspecified atom stereocenters. The monoisotopic (exact) mass is 492 g/mol. The van der Waals surface area contributed by atoms with Gasteiger partial charge in [-0.25, -0.2) is 4.79 Å². The predicted molar refractivity (Wildman–Crippen MR) is 147 cm³/mol. The first-order chi connectivity index (χ1) is 17.6. The molecule has 2 rings (SSSR count). The van der Waals surface area contributed by atoms with E-state index >= 15 is 0 Å². The number of rotatable bonds is 20. The van der Waals surface area contributed by atoms with Crippen LogP contribution in [0.25, 0.3) is 0 Å². The lowest BCUT2D eigenvalue weighted by molar-refractivity contribution is 0.0696. The van der Waals surface area contributed by atoms with Gasteiger partial charge in [-0.3, -0.25) is 9.59 Å². The van der Waals surface area contributed by atoms with Gasteiger partial charge >= 0.3 is 5.97 Å². The van der Waals surface area contributed by atoms with Gasteiger partial charge in [-0.15, -0.1) is 0 Å². The Morgan fingerprint density at radius 2 is 1.11 bits per heavy atom. The SMILES string of the molecule is CCCCCCCCCCCCCCCCc1cc(C=O)c(Cc2ccc(C(=O)O)cc2)c(C=O)c1. The van der Waals surface area contributed by atoms with Crippen LogP contribution in [0.15, 0.2) is 36.4 Å². The average molecular weight is 493 g/mol. The van der Waals surface area contributed by atoms with Crippen LogP contribution in [0, 0.1) is 0 Å². The summed E-state index contributed by atoms with van der Waals surface area (Å²) in [6, 6.07) is 10.4.